The number of ether oxygens (including phenoxy) is 1. The summed E-state index contributed by atoms with van der Waals surface area (Å²) in [5.74, 6) is 0.626. The third kappa shape index (κ3) is 3.44. The summed E-state index contributed by atoms with van der Waals surface area (Å²) < 4.78 is 5.97. The van der Waals surface area contributed by atoms with Gasteiger partial charge in [0.05, 0.1) is 9.21 Å². The molecule has 1 saturated heterocycles. The van der Waals surface area contributed by atoms with Crippen LogP contribution < -0.4 is 0 Å². The molecule has 1 aromatic heterocycles. The van der Waals surface area contributed by atoms with E-state index in [9.17, 15) is 4.79 Å². The molecule has 3 nitrogen and oxygen atoms in total. The minimum atomic E-state index is 0.0633. The van der Waals surface area contributed by atoms with Crippen LogP contribution in [0.4, 0.5) is 0 Å². The highest BCUT2D eigenvalue weighted by atomic mass is 35.5. The van der Waals surface area contributed by atoms with Gasteiger partial charge in [-0.3, -0.25) is 4.79 Å². The van der Waals surface area contributed by atoms with Crippen LogP contribution in [0, 0.1) is 5.92 Å². The number of hydrogen-bond acceptors (Lipinski definition) is 3. The van der Waals surface area contributed by atoms with E-state index in [2.05, 4.69) is 0 Å². The van der Waals surface area contributed by atoms with Gasteiger partial charge in [0, 0.05) is 26.8 Å². The topological polar surface area (TPSA) is 29.5 Å². The minimum absolute atomic E-state index is 0.0633. The summed E-state index contributed by atoms with van der Waals surface area (Å²) in [5.41, 5.74) is 0. The molecule has 2 rings (SSSR count). The van der Waals surface area contributed by atoms with Crippen LogP contribution in [0.2, 0.25) is 4.34 Å². The first-order valence-corrected chi connectivity index (χ1v) is 6.95. The monoisotopic (exact) mass is 273 g/mol. The first-order valence-electron chi connectivity index (χ1n) is 5.75. The maximum Gasteiger partial charge on any atom is 0.263 e. The van der Waals surface area contributed by atoms with Crippen LogP contribution in [0.5, 0.6) is 0 Å². The second-order valence-electron chi connectivity index (χ2n) is 4.35. The molecule has 0 atom stereocenters. The summed E-state index contributed by atoms with van der Waals surface area (Å²) in [6.07, 6.45) is 2.09. The molecule has 0 aliphatic carbocycles. The van der Waals surface area contributed by atoms with Gasteiger partial charge in [-0.05, 0) is 30.9 Å². The molecule has 0 bridgehead atoms. The molecule has 0 radical (unpaired) electrons. The SMILES string of the molecule is CN(CC1CCOCC1)C(=O)c1ccc(Cl)s1. The van der Waals surface area contributed by atoms with E-state index in [0.717, 1.165) is 32.6 Å². The van der Waals surface area contributed by atoms with Gasteiger partial charge in [0.1, 0.15) is 0 Å². The Hall–Kier alpha value is -0.580. The van der Waals surface area contributed by atoms with Gasteiger partial charge in [0.15, 0.2) is 0 Å². The highest BCUT2D eigenvalue weighted by Crippen LogP contribution is 2.23. The van der Waals surface area contributed by atoms with Crippen molar-refractivity contribution in [1.29, 1.82) is 0 Å². The van der Waals surface area contributed by atoms with E-state index >= 15 is 0 Å². The lowest BCUT2D eigenvalue weighted by atomic mass is 10.00. The van der Waals surface area contributed by atoms with Crippen LogP contribution >= 0.6 is 22.9 Å². The molecule has 1 fully saturated rings. The predicted octanol–water partition coefficient (Wildman–Crippen LogP) is 2.90. The van der Waals surface area contributed by atoms with Gasteiger partial charge in [-0.2, -0.15) is 0 Å². The first kappa shape index (κ1) is 12.9. The van der Waals surface area contributed by atoms with Crippen molar-refractivity contribution in [2.24, 2.45) is 5.92 Å². The third-order valence-electron chi connectivity index (χ3n) is 3.00. The fraction of sp³-hybridized carbons (Fsp3) is 0.583. The molecule has 0 unspecified atom stereocenters. The van der Waals surface area contributed by atoms with Crippen molar-refractivity contribution in [2.75, 3.05) is 26.8 Å². The van der Waals surface area contributed by atoms with Crippen LogP contribution in [0.25, 0.3) is 0 Å². The van der Waals surface area contributed by atoms with Crippen molar-refractivity contribution in [2.45, 2.75) is 12.8 Å². The Morgan fingerprint density at radius 2 is 2.24 bits per heavy atom. The molecule has 94 valence electrons. The Balaban J connectivity index is 1.90. The number of amides is 1. The van der Waals surface area contributed by atoms with Crippen molar-refractivity contribution in [3.8, 4) is 0 Å². The molecule has 0 aromatic carbocycles. The summed E-state index contributed by atoms with van der Waals surface area (Å²) in [4.78, 5) is 14.6. The molecule has 1 amide bonds. The predicted molar refractivity (Wildman–Crippen MR) is 69.8 cm³/mol. The number of nitrogens with zero attached hydrogens (tertiary/aromatic N) is 1. The maximum absolute atomic E-state index is 12.1. The van der Waals surface area contributed by atoms with Gasteiger partial charge >= 0.3 is 0 Å². The van der Waals surface area contributed by atoms with Gasteiger partial charge in [-0.15, -0.1) is 11.3 Å². The quantitative estimate of drug-likeness (QED) is 0.847. The van der Waals surface area contributed by atoms with Crippen molar-refractivity contribution < 1.29 is 9.53 Å². The summed E-state index contributed by atoms with van der Waals surface area (Å²) in [6.45, 7) is 2.44. The zero-order valence-corrected chi connectivity index (χ0v) is 11.4. The average Bonchev–Trinajstić information content (AvgIpc) is 2.76. The average molecular weight is 274 g/mol. The molecule has 2 heterocycles. The molecule has 5 heteroatoms. The van der Waals surface area contributed by atoms with Crippen LogP contribution in [0.15, 0.2) is 12.1 Å². The van der Waals surface area contributed by atoms with E-state index in [1.54, 1.807) is 17.0 Å². The van der Waals surface area contributed by atoms with Crippen LogP contribution in [0.3, 0.4) is 0 Å². The van der Waals surface area contributed by atoms with Crippen LogP contribution in [-0.4, -0.2) is 37.6 Å². The van der Waals surface area contributed by atoms with E-state index in [4.69, 9.17) is 16.3 Å². The van der Waals surface area contributed by atoms with Crippen molar-refractivity contribution >= 4 is 28.8 Å². The second kappa shape index (κ2) is 5.85. The third-order valence-corrected chi connectivity index (χ3v) is 4.22. The second-order valence-corrected chi connectivity index (χ2v) is 6.06. The van der Waals surface area contributed by atoms with E-state index in [0.29, 0.717) is 15.1 Å². The van der Waals surface area contributed by atoms with Gasteiger partial charge in [0.2, 0.25) is 0 Å². The number of thiophene rings is 1. The van der Waals surface area contributed by atoms with Gasteiger partial charge in [-0.1, -0.05) is 11.6 Å². The minimum Gasteiger partial charge on any atom is -0.381 e. The number of carbonyl (C=O) groups is 1. The van der Waals surface area contributed by atoms with E-state index in [-0.39, 0.29) is 5.91 Å². The van der Waals surface area contributed by atoms with Crippen molar-refractivity contribution in [3.05, 3.63) is 21.3 Å². The number of rotatable bonds is 3. The zero-order valence-electron chi connectivity index (χ0n) is 9.82. The summed E-state index contributed by atoms with van der Waals surface area (Å²) >= 11 is 7.17. The van der Waals surface area contributed by atoms with Gasteiger partial charge in [-0.25, -0.2) is 0 Å². The summed E-state index contributed by atoms with van der Waals surface area (Å²) in [7, 11) is 1.85. The van der Waals surface area contributed by atoms with Crippen molar-refractivity contribution in [3.63, 3.8) is 0 Å². The molecular formula is C12H16ClNO2S. The lowest BCUT2D eigenvalue weighted by molar-refractivity contribution is 0.0499. The Labute approximate surface area is 110 Å². The van der Waals surface area contributed by atoms with E-state index < -0.39 is 0 Å². The molecule has 1 aliphatic rings. The molecule has 0 saturated carbocycles. The largest absolute Gasteiger partial charge is 0.381 e. The fourth-order valence-corrected chi connectivity index (χ4v) is 3.05. The van der Waals surface area contributed by atoms with Gasteiger partial charge in [0.25, 0.3) is 5.91 Å². The molecule has 0 spiro atoms. The lowest BCUT2D eigenvalue weighted by Crippen LogP contribution is -2.33. The number of hydrogen-bond donors (Lipinski definition) is 0. The smallest absolute Gasteiger partial charge is 0.263 e. The van der Waals surface area contributed by atoms with E-state index in [1.165, 1.54) is 11.3 Å². The van der Waals surface area contributed by atoms with E-state index in [1.807, 2.05) is 7.05 Å². The lowest BCUT2D eigenvalue weighted by Gasteiger charge is -2.26. The number of carbonyl (C=O) groups excluding carboxylic acids is 1. The fourth-order valence-electron chi connectivity index (χ4n) is 2.02. The highest BCUT2D eigenvalue weighted by Gasteiger charge is 2.20. The number of halogens is 1. The normalized spacial score (nSPS) is 17.1. The Morgan fingerprint density at radius 1 is 1.53 bits per heavy atom. The molecule has 1 aliphatic heterocycles. The van der Waals surface area contributed by atoms with Crippen LogP contribution in [-0.2, 0) is 4.74 Å². The van der Waals surface area contributed by atoms with Gasteiger partial charge < -0.3 is 9.64 Å². The molecular weight excluding hydrogens is 258 g/mol. The Kier molecular flexibility index (Phi) is 4.42. The maximum atomic E-state index is 12.1. The Bertz CT molecular complexity index is 388. The first-order chi connectivity index (χ1) is 8.16. The van der Waals surface area contributed by atoms with Crippen LogP contribution in [0.1, 0.15) is 22.5 Å². The highest BCUT2D eigenvalue weighted by molar-refractivity contribution is 7.17. The zero-order chi connectivity index (χ0) is 12.3. The summed E-state index contributed by atoms with van der Waals surface area (Å²) in [6, 6.07) is 3.55. The standard InChI is InChI=1S/C12H16ClNO2S/c1-14(8-9-4-6-16-7-5-9)12(15)10-2-3-11(13)17-10/h2-3,9H,4-8H2,1H3. The molecule has 1 aromatic rings. The molecule has 0 N–H and O–H groups in total. The van der Waals surface area contributed by atoms with Crippen molar-refractivity contribution in [1.82, 2.24) is 4.90 Å². The summed E-state index contributed by atoms with van der Waals surface area (Å²) in [5, 5.41) is 0. The molecule has 17 heavy (non-hydrogen) atoms. The Morgan fingerprint density at radius 3 is 2.82 bits per heavy atom.